The lowest BCUT2D eigenvalue weighted by molar-refractivity contribution is -0.117. The molecule has 1 saturated heterocycles. The Morgan fingerprint density at radius 2 is 1.77 bits per heavy atom. The van der Waals surface area contributed by atoms with E-state index in [1.54, 1.807) is 0 Å². The molecule has 0 aliphatic carbocycles. The number of amides is 1. The number of sulfone groups is 1. The number of carbonyl (C=O) groups is 1. The molecule has 26 heavy (non-hydrogen) atoms. The number of para-hydroxylation sites is 1. The van der Waals surface area contributed by atoms with Crippen LogP contribution in [-0.2, 0) is 14.6 Å². The molecule has 1 fully saturated rings. The highest BCUT2D eigenvalue weighted by Crippen LogP contribution is 2.32. The number of hydrogen-bond acceptors (Lipinski definition) is 4. The van der Waals surface area contributed by atoms with Crippen LogP contribution in [0.25, 0.3) is 0 Å². The summed E-state index contributed by atoms with van der Waals surface area (Å²) >= 11 is 0. The van der Waals surface area contributed by atoms with Crippen molar-refractivity contribution in [2.45, 2.75) is 58.9 Å². The van der Waals surface area contributed by atoms with Gasteiger partial charge in [-0.2, -0.15) is 0 Å². The van der Waals surface area contributed by atoms with Crippen LogP contribution in [0.3, 0.4) is 0 Å². The summed E-state index contributed by atoms with van der Waals surface area (Å²) in [5, 5.41) is 3.12. The summed E-state index contributed by atoms with van der Waals surface area (Å²) in [6, 6.07) is 6.11. The van der Waals surface area contributed by atoms with E-state index in [-0.39, 0.29) is 30.0 Å². The van der Waals surface area contributed by atoms with Gasteiger partial charge in [0.1, 0.15) is 0 Å². The molecule has 1 aromatic carbocycles. The van der Waals surface area contributed by atoms with E-state index in [1.165, 1.54) is 0 Å². The third-order valence-electron chi connectivity index (χ3n) is 5.12. The molecule has 146 valence electrons. The molecule has 1 aliphatic heterocycles. The van der Waals surface area contributed by atoms with Crippen molar-refractivity contribution in [1.82, 2.24) is 4.90 Å². The summed E-state index contributed by atoms with van der Waals surface area (Å²) in [4.78, 5) is 14.7. The minimum Gasteiger partial charge on any atom is -0.324 e. The van der Waals surface area contributed by atoms with Crippen LogP contribution in [-0.4, -0.2) is 49.9 Å². The van der Waals surface area contributed by atoms with Crippen molar-refractivity contribution in [2.75, 3.05) is 29.9 Å². The molecular formula is C20H32N2O3S. The number of anilines is 1. The largest absolute Gasteiger partial charge is 0.324 e. The highest BCUT2D eigenvalue weighted by Gasteiger charge is 2.32. The second-order valence-electron chi connectivity index (χ2n) is 7.79. The Bertz CT molecular complexity index is 715. The first-order chi connectivity index (χ1) is 12.1. The highest BCUT2D eigenvalue weighted by molar-refractivity contribution is 7.91. The predicted octanol–water partition coefficient (Wildman–Crippen LogP) is 3.38. The fraction of sp³-hybridized carbons (Fsp3) is 0.650. The Morgan fingerprint density at radius 3 is 2.19 bits per heavy atom. The van der Waals surface area contributed by atoms with Gasteiger partial charge in [-0.15, -0.1) is 0 Å². The summed E-state index contributed by atoms with van der Waals surface area (Å²) in [5.41, 5.74) is 3.18. The maximum Gasteiger partial charge on any atom is 0.238 e. The van der Waals surface area contributed by atoms with E-state index in [0.29, 0.717) is 24.8 Å². The van der Waals surface area contributed by atoms with Gasteiger partial charge in [0.2, 0.25) is 5.91 Å². The van der Waals surface area contributed by atoms with Crippen LogP contribution in [0.5, 0.6) is 0 Å². The van der Waals surface area contributed by atoms with Crippen molar-refractivity contribution >= 4 is 21.4 Å². The van der Waals surface area contributed by atoms with Crippen molar-refractivity contribution < 1.29 is 13.2 Å². The summed E-state index contributed by atoms with van der Waals surface area (Å²) < 4.78 is 23.5. The average Bonchev–Trinajstić information content (AvgIpc) is 2.92. The first-order valence-corrected chi connectivity index (χ1v) is 11.3. The van der Waals surface area contributed by atoms with E-state index < -0.39 is 9.84 Å². The van der Waals surface area contributed by atoms with Gasteiger partial charge in [0.05, 0.1) is 18.1 Å². The number of carbonyl (C=O) groups excluding carboxylic acids is 1. The second-order valence-corrected chi connectivity index (χ2v) is 10.0. The Morgan fingerprint density at radius 1 is 1.19 bits per heavy atom. The van der Waals surface area contributed by atoms with Crippen LogP contribution in [0.15, 0.2) is 18.2 Å². The van der Waals surface area contributed by atoms with Crippen molar-refractivity contribution in [1.29, 1.82) is 0 Å². The zero-order chi connectivity index (χ0) is 19.5. The minimum absolute atomic E-state index is 0.0549. The topological polar surface area (TPSA) is 66.5 Å². The SMILES string of the molecule is CCN(CC(=O)Nc1c(C(C)C)cccc1C(C)C)C1CCS(=O)(=O)C1. The van der Waals surface area contributed by atoms with Gasteiger partial charge in [-0.3, -0.25) is 9.69 Å². The van der Waals surface area contributed by atoms with Crippen LogP contribution >= 0.6 is 0 Å². The summed E-state index contributed by atoms with van der Waals surface area (Å²) in [7, 11) is -2.95. The number of benzene rings is 1. The van der Waals surface area contributed by atoms with E-state index >= 15 is 0 Å². The Labute approximate surface area is 158 Å². The van der Waals surface area contributed by atoms with Crippen molar-refractivity contribution in [3.8, 4) is 0 Å². The van der Waals surface area contributed by atoms with Gasteiger partial charge >= 0.3 is 0 Å². The monoisotopic (exact) mass is 380 g/mol. The fourth-order valence-corrected chi connectivity index (χ4v) is 5.38. The lowest BCUT2D eigenvalue weighted by Crippen LogP contribution is -2.41. The Kier molecular flexibility index (Phi) is 6.86. The second kappa shape index (κ2) is 8.53. The number of likely N-dealkylation sites (N-methyl/N-ethyl adjacent to an activating group) is 1. The molecule has 0 spiro atoms. The Hall–Kier alpha value is -1.40. The van der Waals surface area contributed by atoms with Gasteiger partial charge in [-0.1, -0.05) is 52.8 Å². The number of nitrogens with one attached hydrogen (secondary N) is 1. The molecule has 5 nitrogen and oxygen atoms in total. The molecule has 1 heterocycles. The van der Waals surface area contributed by atoms with Gasteiger partial charge in [-0.25, -0.2) is 8.42 Å². The molecule has 0 saturated carbocycles. The molecule has 0 aromatic heterocycles. The quantitative estimate of drug-likeness (QED) is 0.787. The zero-order valence-corrected chi connectivity index (χ0v) is 17.4. The lowest BCUT2D eigenvalue weighted by atomic mass is 9.92. The van der Waals surface area contributed by atoms with Crippen LogP contribution < -0.4 is 5.32 Å². The fourth-order valence-electron chi connectivity index (χ4n) is 3.62. The average molecular weight is 381 g/mol. The third-order valence-corrected chi connectivity index (χ3v) is 6.87. The minimum atomic E-state index is -2.95. The van der Waals surface area contributed by atoms with Gasteiger partial charge in [0, 0.05) is 11.7 Å². The Balaban J connectivity index is 2.16. The first-order valence-electron chi connectivity index (χ1n) is 9.51. The van der Waals surface area contributed by atoms with Crippen molar-refractivity contribution in [3.63, 3.8) is 0 Å². The summed E-state index contributed by atoms with van der Waals surface area (Å²) in [6.07, 6.45) is 0.614. The van der Waals surface area contributed by atoms with E-state index in [4.69, 9.17) is 0 Å². The standard InChI is InChI=1S/C20H32N2O3S/c1-6-22(16-10-11-26(24,25)13-16)12-19(23)21-20-17(14(2)3)8-7-9-18(20)15(4)5/h7-9,14-16H,6,10-13H2,1-5H3,(H,21,23). The highest BCUT2D eigenvalue weighted by atomic mass is 32.2. The summed E-state index contributed by atoms with van der Waals surface area (Å²) in [6.45, 7) is 11.3. The smallest absolute Gasteiger partial charge is 0.238 e. The maximum atomic E-state index is 12.7. The maximum absolute atomic E-state index is 12.7. The van der Waals surface area contributed by atoms with E-state index in [2.05, 4.69) is 45.1 Å². The molecule has 0 bridgehead atoms. The normalized spacial score (nSPS) is 19.5. The number of rotatable bonds is 7. The van der Waals surface area contributed by atoms with E-state index in [9.17, 15) is 13.2 Å². The third kappa shape index (κ3) is 5.07. The molecule has 1 atom stereocenters. The van der Waals surface area contributed by atoms with Crippen LogP contribution in [0.4, 0.5) is 5.69 Å². The molecule has 0 radical (unpaired) electrons. The molecule has 1 aromatic rings. The van der Waals surface area contributed by atoms with Gasteiger partial charge in [-0.05, 0) is 35.9 Å². The van der Waals surface area contributed by atoms with Gasteiger partial charge < -0.3 is 5.32 Å². The van der Waals surface area contributed by atoms with E-state index in [1.807, 2.05) is 17.9 Å². The molecule has 6 heteroatoms. The predicted molar refractivity (Wildman–Crippen MR) is 108 cm³/mol. The molecule has 1 unspecified atom stereocenters. The lowest BCUT2D eigenvalue weighted by Gasteiger charge is -2.27. The van der Waals surface area contributed by atoms with E-state index in [0.717, 1.165) is 16.8 Å². The first kappa shape index (κ1) is 20.9. The van der Waals surface area contributed by atoms with Crippen molar-refractivity contribution in [3.05, 3.63) is 29.3 Å². The number of hydrogen-bond donors (Lipinski definition) is 1. The molecule has 1 amide bonds. The molecule has 1 N–H and O–H groups in total. The van der Waals surface area contributed by atoms with Gasteiger partial charge in [0.15, 0.2) is 9.84 Å². The zero-order valence-electron chi connectivity index (χ0n) is 16.6. The summed E-state index contributed by atoms with van der Waals surface area (Å²) in [5.74, 6) is 0.931. The molecule has 1 aliphatic rings. The van der Waals surface area contributed by atoms with Gasteiger partial charge in [0.25, 0.3) is 0 Å². The van der Waals surface area contributed by atoms with Crippen LogP contribution in [0.2, 0.25) is 0 Å². The number of nitrogens with zero attached hydrogens (tertiary/aromatic N) is 1. The molecular weight excluding hydrogens is 348 g/mol. The molecule has 2 rings (SSSR count). The van der Waals surface area contributed by atoms with Crippen LogP contribution in [0, 0.1) is 0 Å². The van der Waals surface area contributed by atoms with Crippen LogP contribution in [0.1, 0.15) is 64.0 Å². The van der Waals surface area contributed by atoms with Crippen molar-refractivity contribution in [2.24, 2.45) is 0 Å².